The first-order chi connectivity index (χ1) is 14.8. The molecule has 4 rings (SSSR count). The highest BCUT2D eigenvalue weighted by atomic mass is 35.5. The van der Waals surface area contributed by atoms with Gasteiger partial charge in [0.05, 0.1) is 18.7 Å². The third-order valence-electron chi connectivity index (χ3n) is 6.05. The summed E-state index contributed by atoms with van der Waals surface area (Å²) in [6, 6.07) is 6.46. The number of nitrogen functional groups attached to an aromatic ring is 1. The molecule has 2 bridgehead atoms. The molecule has 0 spiro atoms. The zero-order valence-electron chi connectivity index (χ0n) is 16.5. The molecule has 11 heteroatoms. The normalized spacial score (nSPS) is 26.6. The molecule has 2 aliphatic carbocycles. The van der Waals surface area contributed by atoms with Gasteiger partial charge in [0.15, 0.2) is 11.6 Å². The summed E-state index contributed by atoms with van der Waals surface area (Å²) in [6.45, 7) is 0.0876. The van der Waals surface area contributed by atoms with Crippen molar-refractivity contribution in [2.75, 3.05) is 22.9 Å². The van der Waals surface area contributed by atoms with Gasteiger partial charge in [-0.25, -0.2) is 9.37 Å². The Morgan fingerprint density at radius 3 is 2.84 bits per heavy atom. The zero-order chi connectivity index (χ0) is 22.1. The van der Waals surface area contributed by atoms with Gasteiger partial charge in [-0.1, -0.05) is 6.07 Å². The lowest BCUT2D eigenvalue weighted by Gasteiger charge is -2.35. The van der Waals surface area contributed by atoms with Gasteiger partial charge in [-0.15, -0.1) is 0 Å². The van der Waals surface area contributed by atoms with Crippen molar-refractivity contribution < 1.29 is 14.0 Å². The van der Waals surface area contributed by atoms with E-state index in [9.17, 15) is 14.0 Å². The summed E-state index contributed by atoms with van der Waals surface area (Å²) in [6.07, 6.45) is 2.41. The Hall–Kier alpha value is -2.98. The highest BCUT2D eigenvalue weighted by molar-refractivity contribution is 6.28. The molecule has 2 amide bonds. The van der Waals surface area contributed by atoms with E-state index >= 15 is 0 Å². The summed E-state index contributed by atoms with van der Waals surface area (Å²) in [5, 5.41) is 8.96. The van der Waals surface area contributed by atoms with E-state index in [0.29, 0.717) is 17.8 Å². The number of rotatable bonds is 7. The fourth-order valence-corrected chi connectivity index (χ4v) is 4.98. The number of primary amides is 1. The average molecular weight is 448 g/mol. The van der Waals surface area contributed by atoms with E-state index in [1.54, 1.807) is 24.3 Å². The van der Waals surface area contributed by atoms with Crippen LogP contribution in [0.4, 0.5) is 21.6 Å². The minimum absolute atomic E-state index is 0.0317. The first-order valence-electron chi connectivity index (χ1n) is 9.94. The van der Waals surface area contributed by atoms with Crippen LogP contribution in [0.15, 0.2) is 30.5 Å². The number of amides is 2. The van der Waals surface area contributed by atoms with Crippen LogP contribution in [0, 0.1) is 23.6 Å². The second-order valence-corrected chi connectivity index (χ2v) is 8.33. The van der Waals surface area contributed by atoms with Crippen molar-refractivity contribution in [1.82, 2.24) is 15.3 Å². The van der Waals surface area contributed by atoms with Crippen molar-refractivity contribution in [3.8, 4) is 0 Å². The van der Waals surface area contributed by atoms with E-state index in [1.807, 2.05) is 0 Å². The van der Waals surface area contributed by atoms with E-state index in [2.05, 4.69) is 25.9 Å². The molecule has 2 saturated carbocycles. The molecule has 2 aliphatic rings. The number of hydrogen-bond donors (Lipinski definition) is 5. The van der Waals surface area contributed by atoms with Crippen molar-refractivity contribution in [3.05, 3.63) is 41.6 Å². The molecule has 9 nitrogen and oxygen atoms in total. The van der Waals surface area contributed by atoms with Crippen molar-refractivity contribution in [2.24, 2.45) is 23.5 Å². The number of aromatic nitrogens is 2. The number of fused-ring (bicyclic) bond motifs is 2. The zero-order valence-corrected chi connectivity index (χ0v) is 17.3. The molecule has 7 N–H and O–H groups in total. The number of hydrogen-bond acceptors (Lipinski definition) is 7. The van der Waals surface area contributed by atoms with Gasteiger partial charge in [-0.2, -0.15) is 4.98 Å². The molecule has 5 atom stereocenters. The Morgan fingerprint density at radius 1 is 1.29 bits per heavy atom. The molecule has 2 fully saturated rings. The first-order valence-corrected chi connectivity index (χ1v) is 10.3. The smallest absolute Gasteiger partial charge is 0.238 e. The first kappa shape index (κ1) is 21.3. The van der Waals surface area contributed by atoms with Crippen molar-refractivity contribution >= 4 is 40.6 Å². The number of halogens is 2. The number of nitrogens with one attached hydrogen (secondary N) is 3. The molecule has 1 heterocycles. The molecule has 0 saturated heterocycles. The lowest BCUT2D eigenvalue weighted by molar-refractivity contribution is -0.124. The number of carbonyl (C=O) groups is 2. The lowest BCUT2D eigenvalue weighted by Crippen LogP contribution is -2.51. The fraction of sp³-hybridized carbons (Fsp3) is 0.400. The topological polar surface area (TPSA) is 148 Å². The molecular formula is C20H23ClFN7O2. The summed E-state index contributed by atoms with van der Waals surface area (Å²) in [5.41, 5.74) is 12.5. The highest BCUT2D eigenvalue weighted by Gasteiger charge is 2.55. The second kappa shape index (κ2) is 8.64. The summed E-state index contributed by atoms with van der Waals surface area (Å²) in [7, 11) is 0. The predicted molar refractivity (Wildman–Crippen MR) is 115 cm³/mol. The van der Waals surface area contributed by atoms with E-state index in [-0.39, 0.29) is 41.4 Å². The molecule has 0 aliphatic heterocycles. The molecule has 0 unspecified atom stereocenters. The maximum Gasteiger partial charge on any atom is 0.238 e. The molecule has 2 aromatic rings. The van der Waals surface area contributed by atoms with Crippen LogP contribution in [0.3, 0.4) is 0 Å². The number of nitrogens with zero attached hydrogens (tertiary/aromatic N) is 2. The highest BCUT2D eigenvalue weighted by Crippen LogP contribution is 2.49. The minimum atomic E-state index is -0.665. The number of carbonyl (C=O) groups excluding carboxylic acids is 2. The standard InChI is InChI=1S/C20H23ClFN7O2/c21-20-26-7-13(22)19(29-20)28-17-12-4-9(16(17)18(24)31)5-14(12)25-8-15(30)27-11-3-1-2-10(23)6-11/h1-3,6-7,9,12,14,16-17,25H,4-5,8,23H2,(H2,24,31)(H,27,30)(H,26,28,29)/t9-,12+,14+,16-,17+/m0/s1. The van der Waals surface area contributed by atoms with Gasteiger partial charge in [0.25, 0.3) is 0 Å². The number of anilines is 3. The van der Waals surface area contributed by atoms with Gasteiger partial charge in [-0.3, -0.25) is 9.59 Å². The summed E-state index contributed by atoms with van der Waals surface area (Å²) in [4.78, 5) is 31.9. The van der Waals surface area contributed by atoms with Crippen LogP contribution in [-0.4, -0.2) is 40.4 Å². The van der Waals surface area contributed by atoms with E-state index in [4.69, 9.17) is 23.1 Å². The maximum atomic E-state index is 14.1. The monoisotopic (exact) mass is 447 g/mol. The van der Waals surface area contributed by atoms with Crippen LogP contribution in [0.25, 0.3) is 0 Å². The Morgan fingerprint density at radius 2 is 2.10 bits per heavy atom. The average Bonchev–Trinajstić information content (AvgIpc) is 3.27. The lowest BCUT2D eigenvalue weighted by atomic mass is 9.81. The van der Waals surface area contributed by atoms with E-state index in [0.717, 1.165) is 12.6 Å². The quantitative estimate of drug-likeness (QED) is 0.318. The molecule has 1 aromatic carbocycles. The van der Waals surface area contributed by atoms with Crippen LogP contribution >= 0.6 is 11.6 Å². The number of nitrogens with two attached hydrogens (primary N) is 2. The van der Waals surface area contributed by atoms with Gasteiger partial charge in [0.1, 0.15) is 0 Å². The van der Waals surface area contributed by atoms with Gasteiger partial charge in [0, 0.05) is 23.5 Å². The largest absolute Gasteiger partial charge is 0.399 e. The molecule has 0 radical (unpaired) electrons. The predicted octanol–water partition coefficient (Wildman–Crippen LogP) is 1.37. The number of benzene rings is 1. The van der Waals surface area contributed by atoms with Gasteiger partial charge in [-0.05, 0) is 54.5 Å². The summed E-state index contributed by atoms with van der Waals surface area (Å²) >= 11 is 5.78. The second-order valence-electron chi connectivity index (χ2n) is 7.99. The summed E-state index contributed by atoms with van der Waals surface area (Å²) < 4.78 is 14.1. The minimum Gasteiger partial charge on any atom is -0.399 e. The van der Waals surface area contributed by atoms with Crippen molar-refractivity contribution in [2.45, 2.75) is 24.9 Å². The van der Waals surface area contributed by atoms with Crippen LogP contribution in [0.2, 0.25) is 5.28 Å². The Kier molecular flexibility index (Phi) is 5.92. The van der Waals surface area contributed by atoms with Crippen molar-refractivity contribution in [3.63, 3.8) is 0 Å². The van der Waals surface area contributed by atoms with E-state index < -0.39 is 23.7 Å². The van der Waals surface area contributed by atoms with Crippen LogP contribution < -0.4 is 27.4 Å². The van der Waals surface area contributed by atoms with Gasteiger partial charge >= 0.3 is 0 Å². The Bertz CT molecular complexity index is 1010. The Balaban J connectivity index is 1.42. The molecular weight excluding hydrogens is 425 g/mol. The fourth-order valence-electron chi connectivity index (χ4n) is 4.85. The maximum absolute atomic E-state index is 14.1. The van der Waals surface area contributed by atoms with Crippen molar-refractivity contribution in [1.29, 1.82) is 0 Å². The van der Waals surface area contributed by atoms with Crippen LogP contribution in [0.1, 0.15) is 12.8 Å². The molecule has 31 heavy (non-hydrogen) atoms. The molecule has 1 aromatic heterocycles. The SMILES string of the molecule is NC(=O)[C@H]1[C@H]2C[C@@H]([C@H]1Nc1nc(Cl)ncc1F)[C@H](NCC(=O)Nc1cccc(N)c1)C2. The molecule has 164 valence electrons. The van der Waals surface area contributed by atoms with Crippen LogP contribution in [-0.2, 0) is 9.59 Å². The third-order valence-corrected chi connectivity index (χ3v) is 6.23. The van der Waals surface area contributed by atoms with Gasteiger partial charge < -0.3 is 27.4 Å². The summed E-state index contributed by atoms with van der Waals surface area (Å²) in [5.74, 6) is -1.84. The van der Waals surface area contributed by atoms with Gasteiger partial charge in [0.2, 0.25) is 17.1 Å². The van der Waals surface area contributed by atoms with E-state index in [1.165, 1.54) is 0 Å². The van der Waals surface area contributed by atoms with Crippen LogP contribution in [0.5, 0.6) is 0 Å². The Labute approximate surface area is 183 Å². The third kappa shape index (κ3) is 4.54.